The van der Waals surface area contributed by atoms with Gasteiger partial charge in [-0.2, -0.15) is 0 Å². The summed E-state index contributed by atoms with van der Waals surface area (Å²) in [4.78, 5) is 34.9. The fourth-order valence-corrected chi connectivity index (χ4v) is 3.15. The SMILES string of the molecule is COc1ccc(N2CC(C(=O)Nc3ccc(-n4ccnc4)nc3)CC2=O)cc1. The number of anilines is 2. The molecule has 3 aromatic rings. The number of imidazole rings is 1. The third-order valence-corrected chi connectivity index (χ3v) is 4.66. The van der Waals surface area contributed by atoms with Gasteiger partial charge in [0.05, 0.1) is 24.9 Å². The standard InChI is InChI=1S/C20H19N5O3/c1-28-17-5-3-16(4-6-17)25-12-14(10-19(25)26)20(27)23-15-2-7-18(22-11-15)24-9-8-21-13-24/h2-9,11,13-14H,10,12H2,1H3,(H,23,27). The van der Waals surface area contributed by atoms with Crippen LogP contribution in [0.5, 0.6) is 5.75 Å². The van der Waals surface area contributed by atoms with Crippen LogP contribution in [0.15, 0.2) is 61.3 Å². The van der Waals surface area contributed by atoms with E-state index in [0.717, 1.165) is 11.4 Å². The zero-order chi connectivity index (χ0) is 19.5. The summed E-state index contributed by atoms with van der Waals surface area (Å²) in [7, 11) is 1.59. The summed E-state index contributed by atoms with van der Waals surface area (Å²) < 4.78 is 6.91. The number of ether oxygens (including phenoxy) is 1. The summed E-state index contributed by atoms with van der Waals surface area (Å²) >= 11 is 0. The smallest absolute Gasteiger partial charge is 0.229 e. The van der Waals surface area contributed by atoms with Gasteiger partial charge in [-0.3, -0.25) is 14.2 Å². The quantitative estimate of drug-likeness (QED) is 0.737. The van der Waals surface area contributed by atoms with Crippen LogP contribution in [-0.2, 0) is 9.59 Å². The highest BCUT2D eigenvalue weighted by atomic mass is 16.5. The van der Waals surface area contributed by atoms with E-state index >= 15 is 0 Å². The minimum atomic E-state index is -0.414. The van der Waals surface area contributed by atoms with Gasteiger partial charge in [-0.15, -0.1) is 0 Å². The van der Waals surface area contributed by atoms with Gasteiger partial charge in [-0.25, -0.2) is 9.97 Å². The third-order valence-electron chi connectivity index (χ3n) is 4.66. The second-order valence-electron chi connectivity index (χ2n) is 6.47. The van der Waals surface area contributed by atoms with Crippen molar-refractivity contribution >= 4 is 23.2 Å². The molecule has 28 heavy (non-hydrogen) atoms. The lowest BCUT2D eigenvalue weighted by Crippen LogP contribution is -2.28. The minimum absolute atomic E-state index is 0.0705. The van der Waals surface area contributed by atoms with Crippen molar-refractivity contribution in [2.75, 3.05) is 23.9 Å². The Morgan fingerprint density at radius 1 is 1.21 bits per heavy atom. The summed E-state index contributed by atoms with van der Waals surface area (Å²) in [5.74, 6) is 0.747. The Morgan fingerprint density at radius 2 is 2.04 bits per heavy atom. The molecule has 142 valence electrons. The maximum atomic E-state index is 12.6. The first-order valence-electron chi connectivity index (χ1n) is 8.84. The highest BCUT2D eigenvalue weighted by Gasteiger charge is 2.35. The zero-order valence-electron chi connectivity index (χ0n) is 15.3. The molecule has 8 heteroatoms. The van der Waals surface area contributed by atoms with Gasteiger partial charge in [0.2, 0.25) is 11.8 Å². The number of benzene rings is 1. The monoisotopic (exact) mass is 377 g/mol. The molecular weight excluding hydrogens is 358 g/mol. The van der Waals surface area contributed by atoms with E-state index in [9.17, 15) is 9.59 Å². The lowest BCUT2D eigenvalue weighted by atomic mass is 10.1. The van der Waals surface area contributed by atoms with Gasteiger partial charge in [-0.05, 0) is 36.4 Å². The first-order chi connectivity index (χ1) is 13.6. The van der Waals surface area contributed by atoms with Gasteiger partial charge in [0.25, 0.3) is 0 Å². The van der Waals surface area contributed by atoms with E-state index in [4.69, 9.17) is 4.74 Å². The highest BCUT2D eigenvalue weighted by Crippen LogP contribution is 2.27. The molecule has 0 aliphatic carbocycles. The maximum Gasteiger partial charge on any atom is 0.229 e. The number of carbonyl (C=O) groups is 2. The molecule has 8 nitrogen and oxygen atoms in total. The number of rotatable bonds is 5. The average molecular weight is 377 g/mol. The molecule has 1 unspecified atom stereocenters. The molecule has 0 saturated carbocycles. The molecule has 1 N–H and O–H groups in total. The first kappa shape index (κ1) is 17.7. The van der Waals surface area contributed by atoms with Gasteiger partial charge in [0, 0.05) is 31.0 Å². The Hall–Kier alpha value is -3.68. The van der Waals surface area contributed by atoms with Gasteiger partial charge in [-0.1, -0.05) is 0 Å². The highest BCUT2D eigenvalue weighted by molar-refractivity contribution is 6.03. The topological polar surface area (TPSA) is 89.3 Å². The molecule has 0 bridgehead atoms. The summed E-state index contributed by atoms with van der Waals surface area (Å²) in [6, 6.07) is 10.8. The number of nitrogens with one attached hydrogen (secondary N) is 1. The van der Waals surface area contributed by atoms with E-state index in [2.05, 4.69) is 15.3 Å². The van der Waals surface area contributed by atoms with E-state index in [-0.39, 0.29) is 18.2 Å². The van der Waals surface area contributed by atoms with Crippen molar-refractivity contribution in [2.45, 2.75) is 6.42 Å². The second-order valence-corrected chi connectivity index (χ2v) is 6.47. The molecule has 1 fully saturated rings. The molecule has 4 rings (SSSR count). The summed E-state index contributed by atoms with van der Waals surface area (Å²) in [6.45, 7) is 0.345. The number of pyridine rings is 1. The van der Waals surface area contributed by atoms with Crippen LogP contribution < -0.4 is 15.0 Å². The summed E-state index contributed by atoms with van der Waals surface area (Å²) in [6.07, 6.45) is 6.88. The number of hydrogen-bond donors (Lipinski definition) is 1. The molecule has 1 aliphatic heterocycles. The fourth-order valence-electron chi connectivity index (χ4n) is 3.15. The van der Waals surface area contributed by atoms with Crippen LogP contribution in [0.3, 0.4) is 0 Å². The number of amides is 2. The van der Waals surface area contributed by atoms with Crippen LogP contribution >= 0.6 is 0 Å². The average Bonchev–Trinajstić information content (AvgIpc) is 3.39. The van der Waals surface area contributed by atoms with Gasteiger partial charge in [0.1, 0.15) is 17.9 Å². The molecule has 1 saturated heterocycles. The van der Waals surface area contributed by atoms with Crippen molar-refractivity contribution in [1.29, 1.82) is 0 Å². The predicted octanol–water partition coefficient (Wildman–Crippen LogP) is 2.27. The normalized spacial score (nSPS) is 16.2. The minimum Gasteiger partial charge on any atom is -0.497 e. The number of carbonyl (C=O) groups excluding carboxylic acids is 2. The largest absolute Gasteiger partial charge is 0.497 e. The molecule has 1 atom stereocenters. The van der Waals surface area contributed by atoms with Gasteiger partial charge >= 0.3 is 0 Å². The third kappa shape index (κ3) is 3.57. The lowest BCUT2D eigenvalue weighted by Gasteiger charge is -2.17. The maximum absolute atomic E-state index is 12.6. The molecule has 1 aromatic carbocycles. The van der Waals surface area contributed by atoms with Crippen LogP contribution in [0.4, 0.5) is 11.4 Å². The Morgan fingerprint density at radius 3 is 2.68 bits per heavy atom. The number of hydrogen-bond acceptors (Lipinski definition) is 5. The Bertz CT molecular complexity index is 968. The Kier molecular flexibility index (Phi) is 4.76. The molecule has 2 amide bonds. The first-order valence-corrected chi connectivity index (χ1v) is 8.84. The van der Waals surface area contributed by atoms with E-state index in [1.54, 1.807) is 65.8 Å². The summed E-state index contributed by atoms with van der Waals surface area (Å²) in [5, 5.41) is 2.84. The van der Waals surface area contributed by atoms with Crippen LogP contribution in [0.1, 0.15) is 6.42 Å². The van der Waals surface area contributed by atoms with Crippen LogP contribution in [0.2, 0.25) is 0 Å². The van der Waals surface area contributed by atoms with Crippen molar-refractivity contribution < 1.29 is 14.3 Å². The van der Waals surface area contributed by atoms with Crippen molar-refractivity contribution in [1.82, 2.24) is 14.5 Å². The lowest BCUT2D eigenvalue weighted by molar-refractivity contribution is -0.122. The van der Waals surface area contributed by atoms with Gasteiger partial charge in [0.15, 0.2) is 0 Å². The number of methoxy groups -OCH3 is 1. The predicted molar refractivity (Wildman–Crippen MR) is 103 cm³/mol. The van der Waals surface area contributed by atoms with E-state index in [0.29, 0.717) is 18.1 Å². The van der Waals surface area contributed by atoms with E-state index in [1.165, 1.54) is 0 Å². The zero-order valence-corrected chi connectivity index (χ0v) is 15.3. The summed E-state index contributed by atoms with van der Waals surface area (Å²) in [5.41, 5.74) is 1.34. The number of aromatic nitrogens is 3. The van der Waals surface area contributed by atoms with Crippen molar-refractivity contribution in [2.24, 2.45) is 5.92 Å². The molecule has 2 aromatic heterocycles. The van der Waals surface area contributed by atoms with E-state index in [1.807, 2.05) is 12.1 Å². The molecule has 1 aliphatic rings. The van der Waals surface area contributed by atoms with Crippen molar-refractivity contribution in [3.05, 3.63) is 61.3 Å². The molecular formula is C20H19N5O3. The van der Waals surface area contributed by atoms with Crippen LogP contribution in [0, 0.1) is 5.92 Å². The van der Waals surface area contributed by atoms with Gasteiger partial charge < -0.3 is 15.0 Å². The van der Waals surface area contributed by atoms with E-state index < -0.39 is 5.92 Å². The second kappa shape index (κ2) is 7.51. The van der Waals surface area contributed by atoms with Crippen LogP contribution in [0.25, 0.3) is 5.82 Å². The molecule has 0 radical (unpaired) electrons. The fraction of sp³-hybridized carbons (Fsp3) is 0.200. The molecule has 0 spiro atoms. The van der Waals surface area contributed by atoms with Crippen LogP contribution in [-0.4, -0.2) is 40.0 Å². The van der Waals surface area contributed by atoms with Crippen molar-refractivity contribution in [3.63, 3.8) is 0 Å². The number of nitrogens with zero attached hydrogens (tertiary/aromatic N) is 4. The Balaban J connectivity index is 1.40. The van der Waals surface area contributed by atoms with Crippen molar-refractivity contribution in [3.8, 4) is 11.6 Å². The molecule has 3 heterocycles. The Labute approximate surface area is 161 Å².